The van der Waals surface area contributed by atoms with E-state index in [9.17, 15) is 14.4 Å². The highest BCUT2D eigenvalue weighted by Crippen LogP contribution is 2.35. The van der Waals surface area contributed by atoms with Crippen molar-refractivity contribution in [3.8, 4) is 5.75 Å². The van der Waals surface area contributed by atoms with Crippen molar-refractivity contribution in [1.29, 1.82) is 0 Å². The Hall–Kier alpha value is -3.35. The Bertz CT molecular complexity index is 913. The van der Waals surface area contributed by atoms with Gasteiger partial charge in [-0.1, -0.05) is 36.4 Å². The van der Waals surface area contributed by atoms with E-state index in [1.54, 1.807) is 12.0 Å². The standard InChI is InChI=1S/C21H21N3O4/c1-28-16-8-7-14-10-18(13-5-3-2-4-6-13)24(12-15(14)9-16)20(26)17-11-19(25)23-21(27)22-17/h2-9,17-18H,10-12H2,1H3,(H2,22,23,25,27)/t17-,18?/m0/s1. The first-order valence-corrected chi connectivity index (χ1v) is 9.16. The summed E-state index contributed by atoms with van der Waals surface area (Å²) in [5.41, 5.74) is 3.18. The molecule has 0 aliphatic carbocycles. The number of ether oxygens (including phenoxy) is 1. The van der Waals surface area contributed by atoms with Crippen molar-refractivity contribution in [2.45, 2.75) is 31.5 Å². The van der Waals surface area contributed by atoms with Gasteiger partial charge < -0.3 is 15.0 Å². The fourth-order valence-corrected chi connectivity index (χ4v) is 3.85. The lowest BCUT2D eigenvalue weighted by Gasteiger charge is -2.39. The van der Waals surface area contributed by atoms with Crippen molar-refractivity contribution in [1.82, 2.24) is 15.5 Å². The first-order valence-electron chi connectivity index (χ1n) is 9.16. The molecule has 28 heavy (non-hydrogen) atoms. The first kappa shape index (κ1) is 18.0. The average molecular weight is 379 g/mol. The number of carbonyl (C=O) groups is 3. The second kappa shape index (κ2) is 7.34. The van der Waals surface area contributed by atoms with E-state index in [1.807, 2.05) is 48.5 Å². The first-order chi connectivity index (χ1) is 13.5. The van der Waals surface area contributed by atoms with Crippen LogP contribution in [0.25, 0.3) is 0 Å². The van der Waals surface area contributed by atoms with E-state index in [0.717, 1.165) is 22.4 Å². The third-order valence-electron chi connectivity index (χ3n) is 5.26. The van der Waals surface area contributed by atoms with Gasteiger partial charge in [0, 0.05) is 6.54 Å². The van der Waals surface area contributed by atoms with Crippen LogP contribution in [0.15, 0.2) is 48.5 Å². The van der Waals surface area contributed by atoms with Crippen LogP contribution in [-0.2, 0) is 22.6 Å². The Kier molecular flexibility index (Phi) is 4.73. The molecule has 2 aromatic carbocycles. The van der Waals surface area contributed by atoms with Gasteiger partial charge in [-0.15, -0.1) is 0 Å². The van der Waals surface area contributed by atoms with Gasteiger partial charge in [-0.25, -0.2) is 4.79 Å². The lowest BCUT2D eigenvalue weighted by atomic mass is 9.89. The maximum absolute atomic E-state index is 13.3. The second-order valence-corrected chi connectivity index (χ2v) is 7.01. The van der Waals surface area contributed by atoms with E-state index < -0.39 is 18.0 Å². The molecule has 0 bridgehead atoms. The van der Waals surface area contributed by atoms with E-state index in [4.69, 9.17) is 4.74 Å². The molecule has 1 saturated heterocycles. The number of hydrogen-bond donors (Lipinski definition) is 2. The number of rotatable bonds is 3. The van der Waals surface area contributed by atoms with Crippen molar-refractivity contribution < 1.29 is 19.1 Å². The molecule has 7 heteroatoms. The van der Waals surface area contributed by atoms with Gasteiger partial charge >= 0.3 is 6.03 Å². The van der Waals surface area contributed by atoms with E-state index in [1.165, 1.54) is 0 Å². The molecule has 4 rings (SSSR count). The minimum Gasteiger partial charge on any atom is -0.497 e. The molecule has 1 fully saturated rings. The molecule has 2 aromatic rings. The number of hydrogen-bond acceptors (Lipinski definition) is 4. The highest BCUT2D eigenvalue weighted by molar-refractivity contribution is 6.02. The van der Waals surface area contributed by atoms with Crippen LogP contribution < -0.4 is 15.4 Å². The number of imide groups is 1. The van der Waals surface area contributed by atoms with Crippen LogP contribution in [-0.4, -0.2) is 35.9 Å². The van der Waals surface area contributed by atoms with Crippen LogP contribution >= 0.6 is 0 Å². The van der Waals surface area contributed by atoms with Gasteiger partial charge in [0.15, 0.2) is 0 Å². The van der Waals surface area contributed by atoms with Crippen LogP contribution in [0.5, 0.6) is 5.75 Å². The van der Waals surface area contributed by atoms with Crippen molar-refractivity contribution in [2.75, 3.05) is 7.11 Å². The summed E-state index contributed by atoms with van der Waals surface area (Å²) in [6, 6.07) is 14.0. The summed E-state index contributed by atoms with van der Waals surface area (Å²) in [5, 5.41) is 4.74. The van der Waals surface area contributed by atoms with E-state index in [2.05, 4.69) is 10.6 Å². The molecule has 2 aliphatic heterocycles. The van der Waals surface area contributed by atoms with Gasteiger partial charge in [0.2, 0.25) is 11.8 Å². The zero-order valence-corrected chi connectivity index (χ0v) is 15.5. The highest BCUT2D eigenvalue weighted by Gasteiger charge is 2.38. The van der Waals surface area contributed by atoms with Crippen molar-refractivity contribution in [2.24, 2.45) is 0 Å². The van der Waals surface area contributed by atoms with E-state index >= 15 is 0 Å². The van der Waals surface area contributed by atoms with Crippen LogP contribution in [0.1, 0.15) is 29.2 Å². The Morgan fingerprint density at radius 1 is 1.07 bits per heavy atom. The third kappa shape index (κ3) is 3.43. The van der Waals surface area contributed by atoms with Gasteiger partial charge in [-0.2, -0.15) is 0 Å². The normalized spacial score (nSPS) is 21.4. The molecule has 0 spiro atoms. The molecule has 2 aliphatic rings. The Morgan fingerprint density at radius 3 is 2.57 bits per heavy atom. The van der Waals surface area contributed by atoms with Crippen LogP contribution in [0.3, 0.4) is 0 Å². The minimum atomic E-state index is -0.861. The van der Waals surface area contributed by atoms with Gasteiger partial charge in [-0.05, 0) is 35.2 Å². The van der Waals surface area contributed by atoms with Gasteiger partial charge in [0.25, 0.3) is 0 Å². The largest absolute Gasteiger partial charge is 0.497 e. The quantitative estimate of drug-likeness (QED) is 0.853. The molecule has 2 N–H and O–H groups in total. The monoisotopic (exact) mass is 379 g/mol. The highest BCUT2D eigenvalue weighted by atomic mass is 16.5. The van der Waals surface area contributed by atoms with E-state index in [-0.39, 0.29) is 18.4 Å². The fraction of sp³-hybridized carbons (Fsp3) is 0.286. The molecule has 0 aromatic heterocycles. The summed E-state index contributed by atoms with van der Waals surface area (Å²) in [5.74, 6) is 0.0256. The number of nitrogens with zero attached hydrogens (tertiary/aromatic N) is 1. The van der Waals surface area contributed by atoms with Crippen molar-refractivity contribution in [3.63, 3.8) is 0 Å². The Labute approximate surface area is 162 Å². The van der Waals surface area contributed by atoms with Crippen LogP contribution in [0, 0.1) is 0 Å². The molecule has 144 valence electrons. The molecular formula is C21H21N3O4. The minimum absolute atomic E-state index is 0.0620. The summed E-state index contributed by atoms with van der Waals surface area (Å²) >= 11 is 0. The molecule has 1 unspecified atom stereocenters. The molecule has 2 heterocycles. The summed E-state index contributed by atoms with van der Waals surface area (Å²) < 4.78 is 5.32. The predicted molar refractivity (Wildman–Crippen MR) is 102 cm³/mol. The number of methoxy groups -OCH3 is 1. The lowest BCUT2D eigenvalue weighted by Crippen LogP contribution is -2.59. The number of benzene rings is 2. The number of nitrogens with one attached hydrogen (secondary N) is 2. The number of amides is 4. The number of urea groups is 1. The van der Waals surface area contributed by atoms with Gasteiger partial charge in [0.05, 0.1) is 19.6 Å². The molecule has 0 saturated carbocycles. The SMILES string of the molecule is COc1ccc2c(c1)CN(C(=O)[C@@H]1CC(=O)NC(=O)N1)C(c1ccccc1)C2. The summed E-state index contributed by atoms with van der Waals surface area (Å²) in [4.78, 5) is 38.5. The van der Waals surface area contributed by atoms with Crippen molar-refractivity contribution in [3.05, 3.63) is 65.2 Å². The predicted octanol–water partition coefficient (Wildman–Crippen LogP) is 1.92. The Morgan fingerprint density at radius 2 is 1.86 bits per heavy atom. The summed E-state index contributed by atoms with van der Waals surface area (Å²) in [6.07, 6.45) is 0.593. The molecular weight excluding hydrogens is 358 g/mol. The van der Waals surface area contributed by atoms with Gasteiger partial charge in [-0.3, -0.25) is 14.9 Å². The summed E-state index contributed by atoms with van der Waals surface area (Å²) in [7, 11) is 1.61. The average Bonchev–Trinajstić information content (AvgIpc) is 2.71. The van der Waals surface area contributed by atoms with Crippen molar-refractivity contribution >= 4 is 17.8 Å². The smallest absolute Gasteiger partial charge is 0.322 e. The molecule has 2 atom stereocenters. The van der Waals surface area contributed by atoms with E-state index in [0.29, 0.717) is 13.0 Å². The zero-order valence-electron chi connectivity index (χ0n) is 15.5. The number of carbonyl (C=O) groups excluding carboxylic acids is 3. The van der Waals surface area contributed by atoms with Gasteiger partial charge in [0.1, 0.15) is 11.8 Å². The zero-order chi connectivity index (χ0) is 19.7. The second-order valence-electron chi connectivity index (χ2n) is 7.01. The topological polar surface area (TPSA) is 87.7 Å². The maximum atomic E-state index is 13.3. The van der Waals surface area contributed by atoms with Crippen LogP contribution in [0.4, 0.5) is 4.79 Å². The van der Waals surface area contributed by atoms with Crippen LogP contribution in [0.2, 0.25) is 0 Å². The number of fused-ring (bicyclic) bond motifs is 1. The summed E-state index contributed by atoms with van der Waals surface area (Å²) in [6.45, 7) is 0.388. The third-order valence-corrected chi connectivity index (χ3v) is 5.26. The molecule has 7 nitrogen and oxygen atoms in total. The maximum Gasteiger partial charge on any atom is 0.322 e. The molecule has 4 amide bonds. The molecule has 0 radical (unpaired) electrons. The lowest BCUT2D eigenvalue weighted by molar-refractivity contribution is -0.139. The Balaban J connectivity index is 1.69. The fourth-order valence-electron chi connectivity index (χ4n) is 3.85.